The van der Waals surface area contributed by atoms with Gasteiger partial charge in [0.25, 0.3) is 0 Å². The van der Waals surface area contributed by atoms with Gasteiger partial charge in [-0.25, -0.2) is 4.98 Å². The van der Waals surface area contributed by atoms with E-state index in [2.05, 4.69) is 84.9 Å². The molecule has 4 aromatic rings. The highest BCUT2D eigenvalue weighted by Crippen LogP contribution is 2.67. The number of fused-ring (bicyclic) bond motifs is 3. The summed E-state index contributed by atoms with van der Waals surface area (Å²) in [4.78, 5) is 5.20. The molecule has 2 heteroatoms. The highest BCUT2D eigenvalue weighted by Gasteiger charge is 2.60. The zero-order valence-corrected chi connectivity index (χ0v) is 16.3. The summed E-state index contributed by atoms with van der Waals surface area (Å²) in [6, 6.07) is 32.8. The summed E-state index contributed by atoms with van der Waals surface area (Å²) in [5, 5.41) is 10.3. The first-order valence-corrected chi connectivity index (χ1v) is 10.5. The number of benzene rings is 3. The zero-order valence-electron chi connectivity index (χ0n) is 16.3. The summed E-state index contributed by atoms with van der Waals surface area (Å²) in [7, 11) is 0. The van der Waals surface area contributed by atoms with E-state index in [1.165, 1.54) is 33.4 Å². The molecule has 1 aromatic heterocycles. The van der Waals surface area contributed by atoms with Gasteiger partial charge < -0.3 is 0 Å². The molecule has 140 valence electrons. The number of aromatic nitrogens is 1. The Balaban J connectivity index is 1.67. The summed E-state index contributed by atoms with van der Waals surface area (Å²) in [5.74, 6) is 0.179. The average Bonchev–Trinajstić information content (AvgIpc) is 3.12. The quantitative estimate of drug-likeness (QED) is 0.402. The minimum absolute atomic E-state index is 0.0725. The van der Waals surface area contributed by atoms with Gasteiger partial charge in [-0.1, -0.05) is 78.9 Å². The van der Waals surface area contributed by atoms with Crippen LogP contribution in [0.15, 0.2) is 84.9 Å². The van der Waals surface area contributed by atoms with Gasteiger partial charge in [0.2, 0.25) is 0 Å². The number of nitrogens with zero attached hydrogens (tertiary/aromatic N) is 2. The number of rotatable bonds is 1. The third kappa shape index (κ3) is 1.69. The van der Waals surface area contributed by atoms with Crippen LogP contribution >= 0.6 is 0 Å². The smallest absolute Gasteiger partial charge is 0.0760 e. The molecule has 3 unspecified atom stereocenters. The van der Waals surface area contributed by atoms with Crippen molar-refractivity contribution in [1.82, 2.24) is 4.98 Å². The Morgan fingerprint density at radius 2 is 1.57 bits per heavy atom. The largest absolute Gasteiger partial charge is 0.247 e. The molecular formula is C28H18N2. The van der Waals surface area contributed by atoms with Crippen LogP contribution in [0.2, 0.25) is 0 Å². The summed E-state index contributed by atoms with van der Waals surface area (Å²) in [5.41, 5.74) is 10.6. The lowest BCUT2D eigenvalue weighted by atomic mass is 9.50. The Morgan fingerprint density at radius 3 is 2.40 bits per heavy atom. The maximum atomic E-state index is 10.3. The SMILES string of the molecule is N#CC1CC2c3ccccc3C13c1ccccc1-c1nc(-c4ccccc4)cc2c13. The minimum Gasteiger partial charge on any atom is -0.247 e. The van der Waals surface area contributed by atoms with Gasteiger partial charge in [0.1, 0.15) is 0 Å². The molecule has 0 radical (unpaired) electrons. The first-order chi connectivity index (χ1) is 14.8. The summed E-state index contributed by atoms with van der Waals surface area (Å²) >= 11 is 0. The van der Waals surface area contributed by atoms with E-state index < -0.39 is 5.41 Å². The predicted molar refractivity (Wildman–Crippen MR) is 117 cm³/mol. The van der Waals surface area contributed by atoms with Crippen LogP contribution in [0.4, 0.5) is 0 Å². The molecular weight excluding hydrogens is 364 g/mol. The highest BCUT2D eigenvalue weighted by atomic mass is 14.8. The van der Waals surface area contributed by atoms with Crippen LogP contribution in [0.25, 0.3) is 22.5 Å². The maximum absolute atomic E-state index is 10.3. The van der Waals surface area contributed by atoms with E-state index in [4.69, 9.17) is 4.98 Å². The lowest BCUT2D eigenvalue weighted by molar-refractivity contribution is 0.353. The van der Waals surface area contributed by atoms with Crippen molar-refractivity contribution in [3.8, 4) is 28.6 Å². The van der Waals surface area contributed by atoms with Gasteiger partial charge in [-0.3, -0.25) is 0 Å². The van der Waals surface area contributed by atoms with Crippen molar-refractivity contribution in [2.24, 2.45) is 5.92 Å². The molecule has 0 amide bonds. The van der Waals surface area contributed by atoms with Gasteiger partial charge in [-0.2, -0.15) is 5.26 Å². The van der Waals surface area contributed by atoms with Crippen molar-refractivity contribution in [2.75, 3.05) is 0 Å². The van der Waals surface area contributed by atoms with Crippen molar-refractivity contribution in [3.63, 3.8) is 0 Å². The normalized spacial score (nSPS) is 24.0. The highest BCUT2D eigenvalue weighted by molar-refractivity contribution is 5.88. The van der Waals surface area contributed by atoms with Crippen LogP contribution < -0.4 is 0 Å². The van der Waals surface area contributed by atoms with Gasteiger partial charge in [0.05, 0.1) is 28.8 Å². The fraction of sp³-hybridized carbons (Fsp3) is 0.143. The fourth-order valence-corrected chi connectivity index (χ4v) is 6.35. The van der Waals surface area contributed by atoms with E-state index in [0.717, 1.165) is 23.4 Å². The molecule has 0 aliphatic heterocycles. The first kappa shape index (κ1) is 16.1. The van der Waals surface area contributed by atoms with E-state index in [-0.39, 0.29) is 11.8 Å². The number of hydrogen-bond acceptors (Lipinski definition) is 2. The molecule has 0 saturated carbocycles. The molecule has 30 heavy (non-hydrogen) atoms. The topological polar surface area (TPSA) is 36.7 Å². The summed E-state index contributed by atoms with van der Waals surface area (Å²) < 4.78 is 0. The Hall–Kier alpha value is -3.70. The van der Waals surface area contributed by atoms with Crippen LogP contribution in [-0.4, -0.2) is 4.98 Å². The van der Waals surface area contributed by atoms with Gasteiger partial charge in [0, 0.05) is 17.0 Å². The molecule has 1 spiro atoms. The van der Waals surface area contributed by atoms with E-state index in [9.17, 15) is 5.26 Å². The first-order valence-electron chi connectivity index (χ1n) is 10.5. The molecule has 0 saturated heterocycles. The van der Waals surface area contributed by atoms with Crippen molar-refractivity contribution in [1.29, 1.82) is 5.26 Å². The maximum Gasteiger partial charge on any atom is 0.0760 e. The van der Waals surface area contributed by atoms with Crippen LogP contribution in [0.3, 0.4) is 0 Å². The van der Waals surface area contributed by atoms with Gasteiger partial charge in [-0.05, 0) is 40.3 Å². The lowest BCUT2D eigenvalue weighted by Gasteiger charge is -2.50. The van der Waals surface area contributed by atoms with Gasteiger partial charge in [-0.15, -0.1) is 0 Å². The van der Waals surface area contributed by atoms with E-state index >= 15 is 0 Å². The van der Waals surface area contributed by atoms with Crippen LogP contribution in [-0.2, 0) is 5.41 Å². The van der Waals surface area contributed by atoms with Crippen LogP contribution in [0, 0.1) is 17.2 Å². The minimum atomic E-state index is -0.399. The van der Waals surface area contributed by atoms with E-state index in [1.807, 2.05) is 6.07 Å². The van der Waals surface area contributed by atoms with Crippen LogP contribution in [0.5, 0.6) is 0 Å². The molecule has 2 bridgehead atoms. The Labute approximate surface area is 175 Å². The summed E-state index contributed by atoms with van der Waals surface area (Å²) in [6.45, 7) is 0. The second-order valence-corrected chi connectivity index (χ2v) is 8.60. The van der Waals surface area contributed by atoms with Crippen molar-refractivity contribution in [2.45, 2.75) is 17.8 Å². The molecule has 8 rings (SSSR count). The molecule has 2 nitrogen and oxygen atoms in total. The van der Waals surface area contributed by atoms with Crippen molar-refractivity contribution < 1.29 is 0 Å². The second-order valence-electron chi connectivity index (χ2n) is 8.60. The molecule has 1 heterocycles. The number of nitriles is 1. The number of hydrogen-bond donors (Lipinski definition) is 0. The molecule has 3 aromatic carbocycles. The summed E-state index contributed by atoms with van der Waals surface area (Å²) in [6.07, 6.45) is 0.868. The monoisotopic (exact) mass is 382 g/mol. The van der Waals surface area contributed by atoms with Crippen molar-refractivity contribution in [3.05, 3.63) is 113 Å². The zero-order chi connectivity index (χ0) is 19.9. The Kier molecular flexibility index (Phi) is 2.94. The van der Waals surface area contributed by atoms with Gasteiger partial charge in [0.15, 0.2) is 0 Å². The van der Waals surface area contributed by atoms with E-state index in [1.54, 1.807) is 0 Å². The van der Waals surface area contributed by atoms with Crippen LogP contribution in [0.1, 0.15) is 40.2 Å². The predicted octanol–water partition coefficient (Wildman–Crippen LogP) is 6.05. The van der Waals surface area contributed by atoms with Gasteiger partial charge >= 0.3 is 0 Å². The molecule has 0 N–H and O–H groups in total. The van der Waals surface area contributed by atoms with Crippen molar-refractivity contribution >= 4 is 0 Å². The lowest BCUT2D eigenvalue weighted by Crippen LogP contribution is -2.46. The number of pyridine rings is 1. The standard InChI is InChI=1S/C28H18N2/c29-16-18-14-21-19-10-4-6-12-23(19)28(18)24-13-7-5-11-20(24)27-26(28)22(21)15-25(30-27)17-8-2-1-3-9-17/h1-13,15,18,21H,14H2. The average molecular weight is 382 g/mol. The molecule has 4 aliphatic carbocycles. The Morgan fingerprint density at radius 1 is 0.833 bits per heavy atom. The van der Waals surface area contributed by atoms with E-state index in [0.29, 0.717) is 0 Å². The third-order valence-electron chi connectivity index (χ3n) is 7.41. The second kappa shape index (κ2) is 5.46. The molecule has 3 atom stereocenters. The molecule has 0 fully saturated rings. The fourth-order valence-electron chi connectivity index (χ4n) is 6.35. The Bertz CT molecular complexity index is 1400. The third-order valence-corrected chi connectivity index (χ3v) is 7.41. The molecule has 4 aliphatic rings.